The van der Waals surface area contributed by atoms with Gasteiger partial charge >= 0.3 is 25.8 Å². The summed E-state index contributed by atoms with van der Waals surface area (Å²) in [6.07, 6.45) is 0.111. The van der Waals surface area contributed by atoms with Crippen LogP contribution >= 0.6 is 0 Å². The summed E-state index contributed by atoms with van der Waals surface area (Å²) >= 11 is 0. The van der Waals surface area contributed by atoms with E-state index in [2.05, 4.69) is 0 Å². The third kappa shape index (κ3) is 8.84. The Morgan fingerprint density at radius 2 is 2.00 bits per heavy atom. The second-order valence-electron chi connectivity index (χ2n) is 0.726. The van der Waals surface area contributed by atoms with Crippen molar-refractivity contribution in [1.82, 2.24) is 0 Å². The van der Waals surface area contributed by atoms with E-state index < -0.39 is 5.97 Å². The zero-order valence-corrected chi connectivity index (χ0v) is 6.90. The van der Waals surface area contributed by atoms with Gasteiger partial charge in [-0.2, -0.15) is 0 Å². The fourth-order valence-electron chi connectivity index (χ4n) is 0. The first kappa shape index (κ1) is 9.60. The minimum Gasteiger partial charge on any atom is -0.550 e. The number of aliphatic carboxylic acids is 1. The topological polar surface area (TPSA) is 40.1 Å². The second-order valence-corrected chi connectivity index (χ2v) is 0.726. The van der Waals surface area contributed by atoms with Crippen LogP contribution in [0.2, 0.25) is 0 Å². The molecule has 0 heterocycles. The number of hydrogen-bond acceptors (Lipinski definition) is 2. The second kappa shape index (κ2) is 5.34. The molecule has 0 amide bonds. The van der Waals surface area contributed by atoms with E-state index in [-0.39, 0.29) is 32.3 Å². The van der Waals surface area contributed by atoms with E-state index in [9.17, 15) is 9.90 Å². The first-order chi connectivity index (χ1) is 2.27. The molecule has 3 heteroatoms. The largest absolute Gasteiger partial charge is 1.00 e. The summed E-state index contributed by atoms with van der Waals surface area (Å²) < 4.78 is 0. The van der Waals surface area contributed by atoms with Crippen LogP contribution in [0.1, 0.15) is 13.3 Å². The van der Waals surface area contributed by atoms with E-state index in [1.54, 1.807) is 0 Å². The van der Waals surface area contributed by atoms with Crippen molar-refractivity contribution in [1.29, 1.82) is 0 Å². The average Bonchev–Trinajstić information content (AvgIpc) is 1.38. The van der Waals surface area contributed by atoms with Crippen LogP contribution in [0, 0.1) is 0 Å². The molecule has 0 bridgehead atoms. The first-order valence-corrected chi connectivity index (χ1v) is 1.47. The smallest absolute Gasteiger partial charge is 0.550 e. The summed E-state index contributed by atoms with van der Waals surface area (Å²) in [7, 11) is 0. The van der Waals surface area contributed by atoms with Gasteiger partial charge < -0.3 is 9.90 Å². The van der Waals surface area contributed by atoms with Crippen LogP contribution in [0.5, 0.6) is 0 Å². The molecule has 2 nitrogen and oxygen atoms in total. The normalized spacial score (nSPS) is 6.17. The van der Waals surface area contributed by atoms with E-state index in [1.807, 2.05) is 0 Å². The van der Waals surface area contributed by atoms with Crippen LogP contribution in [0.15, 0.2) is 0 Å². The number of hydrogen-bond donors (Lipinski definition) is 0. The van der Waals surface area contributed by atoms with Gasteiger partial charge in [-0.1, -0.05) is 6.92 Å². The molecule has 0 aromatic rings. The molecule has 0 unspecified atom stereocenters. The molecule has 32 valence electrons. The van der Waals surface area contributed by atoms with Gasteiger partial charge in [0.15, 0.2) is 0 Å². The quantitative estimate of drug-likeness (QED) is 0.516. The SMILES string of the molecule is CCC(=O)[O-].[In+]. The van der Waals surface area contributed by atoms with Crippen LogP contribution in [0.4, 0.5) is 0 Å². The van der Waals surface area contributed by atoms with Crippen molar-refractivity contribution in [3.05, 3.63) is 0 Å². The molecule has 0 saturated carbocycles. The maximum Gasteiger partial charge on any atom is 1.00 e. The maximum absolute atomic E-state index is 9.26. The number of carboxylic acids is 1. The van der Waals surface area contributed by atoms with Gasteiger partial charge in [-0.3, -0.25) is 0 Å². The molecule has 0 rings (SSSR count). The molecule has 0 fully saturated rings. The van der Waals surface area contributed by atoms with Crippen LogP contribution < -0.4 is 5.11 Å². The Morgan fingerprint density at radius 3 is 2.00 bits per heavy atom. The van der Waals surface area contributed by atoms with Crippen LogP contribution in [-0.2, 0) is 4.79 Å². The minimum atomic E-state index is -0.995. The third-order valence-electron chi connectivity index (χ3n) is 0.289. The Kier molecular flexibility index (Phi) is 8.54. The fraction of sp³-hybridized carbons (Fsp3) is 0.667. The van der Waals surface area contributed by atoms with Gasteiger partial charge in [0.05, 0.1) is 0 Å². The van der Waals surface area contributed by atoms with Gasteiger partial charge in [0.2, 0.25) is 0 Å². The molecule has 0 N–H and O–H groups in total. The predicted molar refractivity (Wildman–Crippen MR) is 21.1 cm³/mol. The predicted octanol–water partition coefficient (Wildman–Crippen LogP) is -1.23. The van der Waals surface area contributed by atoms with Crippen molar-refractivity contribution < 1.29 is 9.90 Å². The van der Waals surface area contributed by atoms with E-state index in [0.717, 1.165) is 0 Å². The Morgan fingerprint density at radius 1 is 1.83 bits per heavy atom. The van der Waals surface area contributed by atoms with Crippen molar-refractivity contribution in [2.45, 2.75) is 13.3 Å². The van der Waals surface area contributed by atoms with E-state index in [0.29, 0.717) is 0 Å². The van der Waals surface area contributed by atoms with Crippen molar-refractivity contribution >= 4 is 31.8 Å². The summed E-state index contributed by atoms with van der Waals surface area (Å²) in [5, 5.41) is 9.26. The molecular formula is C3H5InO2. The van der Waals surface area contributed by atoms with Crippen molar-refractivity contribution in [2.75, 3.05) is 0 Å². The minimum absolute atomic E-state index is 0. The molecule has 0 aliphatic heterocycles. The van der Waals surface area contributed by atoms with Crippen molar-refractivity contribution in [3.63, 3.8) is 0 Å². The molecule has 0 aliphatic rings. The summed E-state index contributed by atoms with van der Waals surface area (Å²) in [5.74, 6) is -0.995. The summed E-state index contributed by atoms with van der Waals surface area (Å²) in [6.45, 7) is 1.54. The van der Waals surface area contributed by atoms with Gasteiger partial charge in [-0.05, 0) is 6.42 Å². The number of rotatable bonds is 1. The zero-order chi connectivity index (χ0) is 4.28. The van der Waals surface area contributed by atoms with Crippen molar-refractivity contribution in [3.8, 4) is 0 Å². The Hall–Kier alpha value is 0.340. The molecule has 0 spiro atoms. The number of carbonyl (C=O) groups is 1. The van der Waals surface area contributed by atoms with Gasteiger partial charge in [0.25, 0.3) is 0 Å². The Labute approximate surface area is 55.3 Å². The van der Waals surface area contributed by atoms with Crippen LogP contribution in [0.3, 0.4) is 0 Å². The molecule has 2 radical (unpaired) electrons. The monoisotopic (exact) mass is 188 g/mol. The van der Waals surface area contributed by atoms with E-state index >= 15 is 0 Å². The number of carboxylic acid groups (broad SMARTS) is 1. The summed E-state index contributed by atoms with van der Waals surface area (Å²) in [4.78, 5) is 9.26. The summed E-state index contributed by atoms with van der Waals surface area (Å²) in [5.41, 5.74) is 0. The maximum atomic E-state index is 9.26. The molecule has 6 heavy (non-hydrogen) atoms. The molecule has 0 aliphatic carbocycles. The van der Waals surface area contributed by atoms with Gasteiger partial charge in [-0.25, -0.2) is 0 Å². The zero-order valence-electron chi connectivity index (χ0n) is 3.60. The van der Waals surface area contributed by atoms with Gasteiger partial charge in [0.1, 0.15) is 0 Å². The van der Waals surface area contributed by atoms with Gasteiger partial charge in [0, 0.05) is 5.97 Å². The average molecular weight is 188 g/mol. The van der Waals surface area contributed by atoms with Gasteiger partial charge in [-0.15, -0.1) is 0 Å². The third-order valence-corrected chi connectivity index (χ3v) is 0.289. The molecule has 0 atom stereocenters. The van der Waals surface area contributed by atoms with Crippen molar-refractivity contribution in [2.24, 2.45) is 0 Å². The molecule has 0 saturated heterocycles. The van der Waals surface area contributed by atoms with Crippen LogP contribution in [-0.4, -0.2) is 31.8 Å². The molecule has 0 aromatic heterocycles. The standard InChI is InChI=1S/C3H6O2.In/c1-2-3(4)5;/h2H2,1H3,(H,4,5);/q;+1/p-1. The Bertz CT molecular complexity index is 44.1. The van der Waals surface area contributed by atoms with E-state index in [1.165, 1.54) is 6.92 Å². The molecule has 0 aromatic carbocycles. The van der Waals surface area contributed by atoms with Crippen LogP contribution in [0.25, 0.3) is 0 Å². The first-order valence-electron chi connectivity index (χ1n) is 1.47. The number of carbonyl (C=O) groups excluding carboxylic acids is 1. The molecular weight excluding hydrogens is 183 g/mol. The fourth-order valence-corrected chi connectivity index (χ4v) is 0. The summed E-state index contributed by atoms with van der Waals surface area (Å²) in [6, 6.07) is 0. The van der Waals surface area contributed by atoms with E-state index in [4.69, 9.17) is 0 Å². The Balaban J connectivity index is 0.